The van der Waals surface area contributed by atoms with Gasteiger partial charge in [0.2, 0.25) is 5.91 Å². The van der Waals surface area contributed by atoms with Gasteiger partial charge < -0.3 is 14.7 Å². The Balaban J connectivity index is 1.85. The van der Waals surface area contributed by atoms with Gasteiger partial charge in [0.1, 0.15) is 29.2 Å². The Hall–Kier alpha value is -2.45. The Bertz CT molecular complexity index is 941. The van der Waals surface area contributed by atoms with Gasteiger partial charge >= 0.3 is 5.97 Å². The van der Waals surface area contributed by atoms with Crippen LogP contribution in [0.3, 0.4) is 0 Å². The van der Waals surface area contributed by atoms with Crippen LogP contribution in [0.15, 0.2) is 36.3 Å². The fourth-order valence-electron chi connectivity index (χ4n) is 3.99. The number of imidazole rings is 1. The molecule has 8 heteroatoms. The molecule has 2 aromatic heterocycles. The number of esters is 1. The Morgan fingerprint density at radius 1 is 1.58 bits per heavy atom. The third-order valence-electron chi connectivity index (χ3n) is 5.10. The first-order valence-electron chi connectivity index (χ1n) is 8.41. The van der Waals surface area contributed by atoms with Crippen LogP contribution < -0.4 is 0 Å². The summed E-state index contributed by atoms with van der Waals surface area (Å²) in [6, 6.07) is -0.263. The van der Waals surface area contributed by atoms with E-state index >= 15 is 0 Å². The molecule has 1 amide bonds. The smallest absolute Gasteiger partial charge is 0.355 e. The van der Waals surface area contributed by atoms with Crippen molar-refractivity contribution >= 4 is 33.6 Å². The number of aliphatic hydroxyl groups is 1. The van der Waals surface area contributed by atoms with E-state index in [1.54, 1.807) is 13.3 Å². The summed E-state index contributed by atoms with van der Waals surface area (Å²) in [5.41, 5.74) is 1.62. The maximum Gasteiger partial charge on any atom is 0.355 e. The second-order valence-electron chi connectivity index (χ2n) is 6.61. The van der Waals surface area contributed by atoms with Crippen LogP contribution in [0.5, 0.6) is 0 Å². The molecule has 0 saturated carbocycles. The van der Waals surface area contributed by atoms with Crippen molar-refractivity contribution in [1.29, 1.82) is 0 Å². The molecule has 26 heavy (non-hydrogen) atoms. The Labute approximate surface area is 154 Å². The van der Waals surface area contributed by atoms with Gasteiger partial charge in [-0.15, -0.1) is 11.3 Å². The summed E-state index contributed by atoms with van der Waals surface area (Å²) >= 11 is 1.52. The van der Waals surface area contributed by atoms with Crippen molar-refractivity contribution in [2.75, 3.05) is 6.61 Å². The first kappa shape index (κ1) is 17.0. The van der Waals surface area contributed by atoms with Gasteiger partial charge in [-0.1, -0.05) is 19.6 Å². The first-order chi connectivity index (χ1) is 12.5. The monoisotopic (exact) mass is 373 g/mol. The zero-order valence-corrected chi connectivity index (χ0v) is 15.3. The van der Waals surface area contributed by atoms with Crippen molar-refractivity contribution in [1.82, 2.24) is 14.3 Å². The molecule has 7 nitrogen and oxygen atoms in total. The predicted molar refractivity (Wildman–Crippen MR) is 96.1 cm³/mol. The van der Waals surface area contributed by atoms with Crippen LogP contribution in [0.4, 0.5) is 0 Å². The van der Waals surface area contributed by atoms with Crippen molar-refractivity contribution in [2.24, 2.45) is 11.8 Å². The van der Waals surface area contributed by atoms with E-state index in [9.17, 15) is 14.7 Å². The molecule has 2 aliphatic heterocycles. The van der Waals surface area contributed by atoms with Crippen LogP contribution in [0.2, 0.25) is 0 Å². The number of aliphatic hydroxyl groups excluding tert-OH is 1. The van der Waals surface area contributed by atoms with Crippen molar-refractivity contribution in [3.05, 3.63) is 42.0 Å². The topological polar surface area (TPSA) is 84.1 Å². The van der Waals surface area contributed by atoms with E-state index in [1.165, 1.54) is 22.3 Å². The van der Waals surface area contributed by atoms with Crippen molar-refractivity contribution in [2.45, 2.75) is 26.0 Å². The molecule has 1 N–H and O–H groups in total. The summed E-state index contributed by atoms with van der Waals surface area (Å²) in [4.78, 5) is 32.2. The minimum Gasteiger partial charge on any atom is -0.457 e. The SMILES string of the molecule is C=CCOC(=O)C1=C(c2ncn3ccsc23)[C@H](C)[C@@H]2[C@@H]([C@@H](C)O)C(=O)N12. The molecule has 2 aliphatic rings. The fraction of sp³-hybridized carbons (Fsp3) is 0.389. The Kier molecular flexibility index (Phi) is 3.96. The average molecular weight is 373 g/mol. The Morgan fingerprint density at radius 2 is 2.35 bits per heavy atom. The number of fused-ring (bicyclic) bond motifs is 2. The Morgan fingerprint density at radius 3 is 3.04 bits per heavy atom. The average Bonchev–Trinajstić information content (AvgIpc) is 3.25. The van der Waals surface area contributed by atoms with Crippen LogP contribution in [0.25, 0.3) is 10.4 Å². The lowest BCUT2D eigenvalue weighted by Crippen LogP contribution is -2.63. The van der Waals surface area contributed by atoms with E-state index < -0.39 is 18.0 Å². The summed E-state index contributed by atoms with van der Waals surface area (Å²) in [5, 5.41) is 12.0. The van der Waals surface area contributed by atoms with Gasteiger partial charge in [0, 0.05) is 23.1 Å². The molecule has 136 valence electrons. The van der Waals surface area contributed by atoms with Crippen molar-refractivity contribution in [3.8, 4) is 0 Å². The molecule has 0 bridgehead atoms. The minimum atomic E-state index is -0.778. The number of carbonyl (C=O) groups is 2. The molecular formula is C18H19N3O4S. The van der Waals surface area contributed by atoms with Crippen LogP contribution in [0.1, 0.15) is 19.5 Å². The molecule has 0 unspecified atom stereocenters. The quantitative estimate of drug-likeness (QED) is 0.490. The number of hydrogen-bond acceptors (Lipinski definition) is 6. The van der Waals surface area contributed by atoms with Gasteiger partial charge in [-0.05, 0) is 6.92 Å². The molecule has 0 aliphatic carbocycles. The number of nitrogens with zero attached hydrogens (tertiary/aromatic N) is 3. The summed E-state index contributed by atoms with van der Waals surface area (Å²) in [6.45, 7) is 7.18. The number of rotatable bonds is 5. The highest BCUT2D eigenvalue weighted by atomic mass is 32.1. The summed E-state index contributed by atoms with van der Waals surface area (Å²) in [5.74, 6) is -1.48. The molecule has 0 spiro atoms. The number of ether oxygens (including phenoxy) is 1. The summed E-state index contributed by atoms with van der Waals surface area (Å²) in [7, 11) is 0. The predicted octanol–water partition coefficient (Wildman–Crippen LogP) is 1.69. The van der Waals surface area contributed by atoms with Crippen molar-refractivity contribution in [3.63, 3.8) is 0 Å². The van der Waals surface area contributed by atoms with E-state index in [4.69, 9.17) is 4.74 Å². The van der Waals surface area contributed by atoms with E-state index in [0.29, 0.717) is 11.3 Å². The highest BCUT2D eigenvalue weighted by Crippen LogP contribution is 2.51. The normalized spacial score (nSPS) is 26.0. The van der Waals surface area contributed by atoms with Gasteiger partial charge in [-0.3, -0.25) is 9.20 Å². The molecule has 2 aromatic rings. The standard InChI is InChI=1S/C18H19N3O4S/c1-4-6-25-18(24)15-11(13-17-20(8-19-13)5-7-26-17)9(2)14-12(10(3)22)16(23)21(14)15/h4-5,7-10,12,14,22H,1,6H2,2-3H3/t9-,10+,12+,14+/m0/s1. The zero-order valence-electron chi connectivity index (χ0n) is 14.5. The third kappa shape index (κ3) is 2.18. The highest BCUT2D eigenvalue weighted by molar-refractivity contribution is 7.15. The van der Waals surface area contributed by atoms with Crippen molar-refractivity contribution < 1.29 is 19.4 Å². The molecule has 0 aromatic carbocycles. The number of thiazole rings is 1. The molecular weight excluding hydrogens is 354 g/mol. The molecule has 1 fully saturated rings. The van der Waals surface area contributed by atoms with E-state index in [2.05, 4.69) is 11.6 Å². The maximum atomic E-state index is 12.7. The lowest BCUT2D eigenvalue weighted by atomic mass is 9.77. The van der Waals surface area contributed by atoms with Gasteiger partial charge in [0.25, 0.3) is 0 Å². The summed E-state index contributed by atoms with van der Waals surface area (Å²) < 4.78 is 7.12. The number of carbonyl (C=O) groups excluding carboxylic acids is 2. The van der Waals surface area contributed by atoms with Gasteiger partial charge in [0.05, 0.1) is 18.1 Å². The third-order valence-corrected chi connectivity index (χ3v) is 5.99. The molecule has 0 radical (unpaired) electrons. The largest absolute Gasteiger partial charge is 0.457 e. The van der Waals surface area contributed by atoms with Crippen LogP contribution in [-0.2, 0) is 14.3 Å². The first-order valence-corrected chi connectivity index (χ1v) is 9.29. The second kappa shape index (κ2) is 6.07. The molecule has 4 heterocycles. The number of hydrogen-bond donors (Lipinski definition) is 1. The van der Waals surface area contributed by atoms with Gasteiger partial charge in [-0.2, -0.15) is 0 Å². The molecule has 4 atom stereocenters. The lowest BCUT2D eigenvalue weighted by Gasteiger charge is -2.46. The molecule has 4 rings (SSSR count). The van der Waals surface area contributed by atoms with Gasteiger partial charge in [-0.25, -0.2) is 9.78 Å². The fourth-order valence-corrected chi connectivity index (χ4v) is 4.82. The summed E-state index contributed by atoms with van der Waals surface area (Å²) in [6.07, 6.45) is 4.29. The lowest BCUT2D eigenvalue weighted by molar-refractivity contribution is -0.164. The maximum absolute atomic E-state index is 12.7. The van der Waals surface area contributed by atoms with E-state index in [1.807, 2.05) is 22.9 Å². The van der Waals surface area contributed by atoms with Crippen LogP contribution in [-0.4, -0.2) is 50.0 Å². The second-order valence-corrected chi connectivity index (χ2v) is 7.51. The number of aromatic nitrogens is 2. The highest BCUT2D eigenvalue weighted by Gasteiger charge is 2.60. The minimum absolute atomic E-state index is 0.0636. The van der Waals surface area contributed by atoms with E-state index in [0.717, 1.165) is 4.83 Å². The molecule has 1 saturated heterocycles. The van der Waals surface area contributed by atoms with Crippen LogP contribution >= 0.6 is 11.3 Å². The van der Waals surface area contributed by atoms with E-state index in [-0.39, 0.29) is 30.2 Å². The number of β-lactam (4-membered cyclic amide) rings is 1. The zero-order chi connectivity index (χ0) is 18.6. The number of amides is 1. The van der Waals surface area contributed by atoms with Crippen LogP contribution in [0, 0.1) is 11.8 Å². The van der Waals surface area contributed by atoms with Gasteiger partial charge in [0.15, 0.2) is 0 Å².